The minimum absolute atomic E-state index is 0.234. The van der Waals surface area contributed by atoms with Crippen LogP contribution in [0.25, 0.3) is 11.0 Å². The van der Waals surface area contributed by atoms with Crippen molar-refractivity contribution in [1.29, 1.82) is 0 Å². The maximum atomic E-state index is 10.4. The van der Waals surface area contributed by atoms with Gasteiger partial charge >= 0.3 is 0 Å². The lowest BCUT2D eigenvalue weighted by Gasteiger charge is -2.15. The Bertz CT molecular complexity index is 840. The third kappa shape index (κ3) is 3.25. The van der Waals surface area contributed by atoms with Gasteiger partial charge in [-0.25, -0.2) is 4.98 Å². The number of hydrogen-bond acceptors (Lipinski definition) is 3. The van der Waals surface area contributed by atoms with Gasteiger partial charge in [0.15, 0.2) is 0 Å². The van der Waals surface area contributed by atoms with E-state index in [1.807, 2.05) is 18.2 Å². The fourth-order valence-electron chi connectivity index (χ4n) is 2.93. The van der Waals surface area contributed by atoms with Crippen LogP contribution in [0.1, 0.15) is 24.6 Å². The number of aliphatic hydroxyl groups is 1. The molecule has 5 heteroatoms. The van der Waals surface area contributed by atoms with Gasteiger partial charge in [-0.2, -0.15) is 0 Å². The molecule has 1 heterocycles. The summed E-state index contributed by atoms with van der Waals surface area (Å²) in [6, 6.07) is 15.2. The molecular formula is C19H19ClN2O2. The summed E-state index contributed by atoms with van der Waals surface area (Å²) in [5.74, 6) is 2.32. The number of imidazole rings is 1. The topological polar surface area (TPSA) is 47.3 Å². The number of benzene rings is 2. The van der Waals surface area contributed by atoms with E-state index in [-0.39, 0.29) is 6.61 Å². The minimum Gasteiger partial charge on any atom is -0.491 e. The monoisotopic (exact) mass is 342 g/mol. The summed E-state index contributed by atoms with van der Waals surface area (Å²) in [6.07, 6.45) is 1.76. The van der Waals surface area contributed by atoms with Crippen molar-refractivity contribution in [2.24, 2.45) is 0 Å². The number of nitrogens with zero attached hydrogens (tertiary/aromatic N) is 2. The number of hydrogen-bond donors (Lipinski definition) is 1. The van der Waals surface area contributed by atoms with Gasteiger partial charge in [0.2, 0.25) is 0 Å². The smallest absolute Gasteiger partial charge is 0.119 e. The van der Waals surface area contributed by atoms with Crippen molar-refractivity contribution in [3.05, 3.63) is 59.4 Å². The van der Waals surface area contributed by atoms with Gasteiger partial charge < -0.3 is 14.4 Å². The van der Waals surface area contributed by atoms with Crippen LogP contribution in [0.15, 0.2) is 48.5 Å². The van der Waals surface area contributed by atoms with E-state index >= 15 is 0 Å². The molecule has 3 aromatic rings. The molecule has 0 radical (unpaired) electrons. The standard InChI is InChI=1S/C19H19ClN2O2/c20-14-7-9-16(10-8-14)24-12-15(23)11-22-18-4-2-1-3-17(18)21-19(22)13-5-6-13/h1-4,7-10,13,15,23H,5-6,11-12H2/t15-/m0/s1. The molecule has 1 aliphatic rings. The molecule has 1 saturated carbocycles. The lowest BCUT2D eigenvalue weighted by Crippen LogP contribution is -2.24. The molecule has 2 aromatic carbocycles. The first kappa shape index (κ1) is 15.5. The largest absolute Gasteiger partial charge is 0.491 e. The summed E-state index contributed by atoms with van der Waals surface area (Å²) >= 11 is 5.86. The van der Waals surface area contributed by atoms with Gasteiger partial charge in [0.25, 0.3) is 0 Å². The highest BCUT2D eigenvalue weighted by molar-refractivity contribution is 6.30. The van der Waals surface area contributed by atoms with Gasteiger partial charge in [0.05, 0.1) is 17.6 Å². The van der Waals surface area contributed by atoms with Crippen molar-refractivity contribution >= 4 is 22.6 Å². The van der Waals surface area contributed by atoms with Gasteiger partial charge in [-0.05, 0) is 49.2 Å². The average molecular weight is 343 g/mol. The molecule has 1 atom stereocenters. The summed E-state index contributed by atoms with van der Waals surface area (Å²) in [5.41, 5.74) is 2.06. The Balaban J connectivity index is 1.49. The van der Waals surface area contributed by atoms with Crippen LogP contribution in [0, 0.1) is 0 Å². The average Bonchev–Trinajstić information content (AvgIpc) is 3.38. The Morgan fingerprint density at radius 3 is 2.67 bits per heavy atom. The van der Waals surface area contributed by atoms with Crippen LogP contribution in [0.2, 0.25) is 5.02 Å². The molecule has 1 aliphatic carbocycles. The molecule has 0 unspecified atom stereocenters. The molecule has 0 aliphatic heterocycles. The highest BCUT2D eigenvalue weighted by atomic mass is 35.5. The van der Waals surface area contributed by atoms with E-state index in [1.54, 1.807) is 24.3 Å². The summed E-state index contributed by atoms with van der Waals surface area (Å²) < 4.78 is 7.80. The Labute approximate surface area is 145 Å². The zero-order chi connectivity index (χ0) is 16.5. The third-order valence-electron chi connectivity index (χ3n) is 4.28. The summed E-state index contributed by atoms with van der Waals surface area (Å²) in [7, 11) is 0. The number of fused-ring (bicyclic) bond motifs is 1. The third-order valence-corrected chi connectivity index (χ3v) is 4.53. The molecule has 124 valence electrons. The Morgan fingerprint density at radius 2 is 1.92 bits per heavy atom. The molecule has 4 rings (SSSR count). The van der Waals surface area contributed by atoms with Crippen LogP contribution < -0.4 is 4.74 Å². The minimum atomic E-state index is -0.601. The molecule has 0 bridgehead atoms. The van der Waals surface area contributed by atoms with Gasteiger partial charge in [0, 0.05) is 10.9 Å². The molecule has 24 heavy (non-hydrogen) atoms. The highest BCUT2D eigenvalue weighted by Crippen LogP contribution is 2.40. The van der Waals surface area contributed by atoms with Gasteiger partial charge in [-0.3, -0.25) is 0 Å². The van der Waals surface area contributed by atoms with Gasteiger partial charge in [0.1, 0.15) is 24.3 Å². The molecule has 1 aromatic heterocycles. The number of para-hydroxylation sites is 2. The van der Waals surface area contributed by atoms with Crippen LogP contribution in [0.3, 0.4) is 0 Å². The lowest BCUT2D eigenvalue weighted by molar-refractivity contribution is 0.0927. The Morgan fingerprint density at radius 1 is 1.17 bits per heavy atom. The summed E-state index contributed by atoms with van der Waals surface area (Å²) in [5, 5.41) is 11.1. The molecule has 0 saturated heterocycles. The van der Waals surface area contributed by atoms with Gasteiger partial charge in [-0.15, -0.1) is 0 Å². The van der Waals surface area contributed by atoms with E-state index in [2.05, 4.69) is 10.6 Å². The normalized spacial score (nSPS) is 15.6. The number of halogens is 1. The molecule has 0 spiro atoms. The number of aliphatic hydroxyl groups excluding tert-OH is 1. The first-order valence-electron chi connectivity index (χ1n) is 8.22. The van der Waals surface area contributed by atoms with Crippen LogP contribution in [-0.4, -0.2) is 27.4 Å². The Kier molecular flexibility index (Phi) is 4.17. The van der Waals surface area contributed by atoms with E-state index in [1.165, 1.54) is 12.8 Å². The van der Waals surface area contributed by atoms with E-state index in [4.69, 9.17) is 21.3 Å². The van der Waals surface area contributed by atoms with Crippen molar-refractivity contribution < 1.29 is 9.84 Å². The second-order valence-electron chi connectivity index (χ2n) is 6.26. The van der Waals surface area contributed by atoms with E-state index in [9.17, 15) is 5.11 Å². The van der Waals surface area contributed by atoms with Crippen molar-refractivity contribution in [3.63, 3.8) is 0 Å². The Hall–Kier alpha value is -2.04. The second-order valence-corrected chi connectivity index (χ2v) is 6.70. The van der Waals surface area contributed by atoms with Crippen LogP contribution in [-0.2, 0) is 6.54 Å². The second kappa shape index (κ2) is 6.46. The predicted octanol–water partition coefficient (Wildman–Crippen LogP) is 4.01. The van der Waals surface area contributed by atoms with E-state index in [0.29, 0.717) is 23.2 Å². The fraction of sp³-hybridized carbons (Fsp3) is 0.316. The van der Waals surface area contributed by atoms with Crippen LogP contribution in [0.4, 0.5) is 0 Å². The SMILES string of the molecule is O[C@H](COc1ccc(Cl)cc1)Cn1c(C2CC2)nc2ccccc21. The number of ether oxygens (including phenoxy) is 1. The molecule has 4 nitrogen and oxygen atoms in total. The number of aromatic nitrogens is 2. The van der Waals surface area contributed by atoms with Crippen LogP contribution in [0.5, 0.6) is 5.75 Å². The van der Waals surface area contributed by atoms with Crippen LogP contribution >= 0.6 is 11.6 Å². The van der Waals surface area contributed by atoms with E-state index < -0.39 is 6.10 Å². The predicted molar refractivity (Wildman–Crippen MR) is 94.7 cm³/mol. The molecular weight excluding hydrogens is 324 g/mol. The first-order chi connectivity index (χ1) is 11.7. The fourth-order valence-corrected chi connectivity index (χ4v) is 3.05. The molecule has 1 N–H and O–H groups in total. The quantitative estimate of drug-likeness (QED) is 0.736. The molecule has 0 amide bonds. The van der Waals surface area contributed by atoms with E-state index in [0.717, 1.165) is 16.9 Å². The lowest BCUT2D eigenvalue weighted by atomic mass is 10.3. The van der Waals surface area contributed by atoms with Crippen molar-refractivity contribution in [3.8, 4) is 5.75 Å². The van der Waals surface area contributed by atoms with Crippen molar-refractivity contribution in [2.75, 3.05) is 6.61 Å². The zero-order valence-corrected chi connectivity index (χ0v) is 14.0. The molecule has 1 fully saturated rings. The van der Waals surface area contributed by atoms with Crippen molar-refractivity contribution in [1.82, 2.24) is 9.55 Å². The first-order valence-corrected chi connectivity index (χ1v) is 8.60. The highest BCUT2D eigenvalue weighted by Gasteiger charge is 2.30. The van der Waals surface area contributed by atoms with Crippen molar-refractivity contribution in [2.45, 2.75) is 31.4 Å². The summed E-state index contributed by atoms with van der Waals surface area (Å²) in [6.45, 7) is 0.720. The maximum Gasteiger partial charge on any atom is 0.119 e. The van der Waals surface area contributed by atoms with Gasteiger partial charge in [-0.1, -0.05) is 23.7 Å². The zero-order valence-electron chi connectivity index (χ0n) is 13.2. The maximum absolute atomic E-state index is 10.4. The number of rotatable bonds is 6. The summed E-state index contributed by atoms with van der Waals surface area (Å²) in [4.78, 5) is 4.75.